The Morgan fingerprint density at radius 3 is 2.36 bits per heavy atom. The van der Waals surface area contributed by atoms with E-state index in [1.165, 1.54) is 0 Å². The van der Waals surface area contributed by atoms with Gasteiger partial charge in [-0.05, 0) is 37.1 Å². The molecule has 0 aromatic heterocycles. The van der Waals surface area contributed by atoms with Crippen LogP contribution in [-0.4, -0.2) is 30.6 Å². The average Bonchev–Trinajstić information content (AvgIpc) is 3.20. The highest BCUT2D eigenvalue weighted by atomic mass is 16.5. The van der Waals surface area contributed by atoms with Crippen LogP contribution in [-0.2, 0) is 9.53 Å². The van der Waals surface area contributed by atoms with Crippen LogP contribution in [0.3, 0.4) is 0 Å². The number of urea groups is 1. The second-order valence-corrected chi connectivity index (χ2v) is 6.49. The van der Waals surface area contributed by atoms with Gasteiger partial charge in [-0.1, -0.05) is 43.2 Å². The van der Waals surface area contributed by atoms with Crippen molar-refractivity contribution in [1.29, 1.82) is 0 Å². The predicted octanol–water partition coefficient (Wildman–Crippen LogP) is 3.40. The Balaban J connectivity index is 1.51. The highest BCUT2D eigenvalue weighted by Gasteiger charge is 2.20. The Labute approximate surface area is 163 Å². The number of hydrogen-bond donors (Lipinski definition) is 2. The third kappa shape index (κ3) is 5.57. The van der Waals surface area contributed by atoms with Gasteiger partial charge in [-0.15, -0.1) is 0 Å². The molecule has 7 heteroatoms. The summed E-state index contributed by atoms with van der Waals surface area (Å²) in [5, 5.41) is 4.90. The summed E-state index contributed by atoms with van der Waals surface area (Å²) in [7, 11) is 0. The normalized spacial score (nSPS) is 13.6. The summed E-state index contributed by atoms with van der Waals surface area (Å²) < 4.78 is 10.7. The predicted molar refractivity (Wildman–Crippen MR) is 102 cm³/mol. The fourth-order valence-electron chi connectivity index (χ4n) is 3.00. The van der Waals surface area contributed by atoms with E-state index in [4.69, 9.17) is 9.47 Å². The number of amides is 3. The smallest absolute Gasteiger partial charge is 0.342 e. The minimum Gasteiger partial charge on any atom is -0.456 e. The Morgan fingerprint density at radius 2 is 1.61 bits per heavy atom. The maximum Gasteiger partial charge on any atom is 0.342 e. The van der Waals surface area contributed by atoms with Crippen molar-refractivity contribution >= 4 is 17.9 Å². The van der Waals surface area contributed by atoms with E-state index in [1.54, 1.807) is 36.4 Å². The van der Waals surface area contributed by atoms with Crippen molar-refractivity contribution in [2.24, 2.45) is 0 Å². The number of hydrogen-bond acceptors (Lipinski definition) is 5. The van der Waals surface area contributed by atoms with Gasteiger partial charge in [-0.3, -0.25) is 10.1 Å². The SMILES string of the molecule is O=C(COC(=O)c1ccccc1Oc1ccccc1)NC(=O)NC1CCCC1. The molecule has 0 bridgehead atoms. The summed E-state index contributed by atoms with van der Waals surface area (Å²) in [5.41, 5.74) is 0.189. The lowest BCUT2D eigenvalue weighted by atomic mass is 10.2. The first-order valence-electron chi connectivity index (χ1n) is 9.21. The van der Waals surface area contributed by atoms with E-state index in [0.29, 0.717) is 11.5 Å². The zero-order valence-electron chi connectivity index (χ0n) is 15.4. The van der Waals surface area contributed by atoms with Crippen LogP contribution in [0.15, 0.2) is 54.6 Å². The molecule has 0 spiro atoms. The van der Waals surface area contributed by atoms with Gasteiger partial charge < -0.3 is 14.8 Å². The molecule has 3 amide bonds. The van der Waals surface area contributed by atoms with Crippen LogP contribution in [0.2, 0.25) is 0 Å². The van der Waals surface area contributed by atoms with Crippen molar-refractivity contribution in [3.8, 4) is 11.5 Å². The molecule has 0 heterocycles. The second kappa shape index (κ2) is 9.55. The van der Waals surface area contributed by atoms with Crippen molar-refractivity contribution in [3.63, 3.8) is 0 Å². The molecular weight excluding hydrogens is 360 g/mol. The Kier molecular flexibility index (Phi) is 6.62. The quantitative estimate of drug-likeness (QED) is 0.747. The fourth-order valence-corrected chi connectivity index (χ4v) is 3.00. The van der Waals surface area contributed by atoms with Crippen molar-refractivity contribution in [1.82, 2.24) is 10.6 Å². The number of imide groups is 1. The molecule has 0 atom stereocenters. The third-order valence-corrected chi connectivity index (χ3v) is 4.36. The molecule has 3 rings (SSSR count). The average molecular weight is 382 g/mol. The second-order valence-electron chi connectivity index (χ2n) is 6.49. The van der Waals surface area contributed by atoms with Gasteiger partial charge in [0.25, 0.3) is 5.91 Å². The van der Waals surface area contributed by atoms with Crippen LogP contribution >= 0.6 is 0 Å². The van der Waals surface area contributed by atoms with Crippen LogP contribution < -0.4 is 15.4 Å². The van der Waals surface area contributed by atoms with Gasteiger partial charge in [0.1, 0.15) is 17.1 Å². The Morgan fingerprint density at radius 1 is 0.929 bits per heavy atom. The van der Waals surface area contributed by atoms with Crippen LogP contribution in [0.4, 0.5) is 4.79 Å². The molecule has 2 aromatic carbocycles. The molecule has 0 aliphatic heterocycles. The van der Waals surface area contributed by atoms with Crippen LogP contribution in [0.25, 0.3) is 0 Å². The molecule has 28 heavy (non-hydrogen) atoms. The van der Waals surface area contributed by atoms with Gasteiger partial charge >= 0.3 is 12.0 Å². The number of rotatable bonds is 6. The summed E-state index contributed by atoms with van der Waals surface area (Å²) in [4.78, 5) is 36.0. The first-order valence-corrected chi connectivity index (χ1v) is 9.21. The number of nitrogens with one attached hydrogen (secondary N) is 2. The maximum atomic E-state index is 12.3. The van der Waals surface area contributed by atoms with E-state index >= 15 is 0 Å². The van der Waals surface area contributed by atoms with Gasteiger partial charge in [0.15, 0.2) is 6.61 Å². The molecule has 0 radical (unpaired) electrons. The summed E-state index contributed by atoms with van der Waals surface area (Å²) in [6, 6.07) is 15.1. The van der Waals surface area contributed by atoms with Gasteiger partial charge in [0.05, 0.1) is 0 Å². The van der Waals surface area contributed by atoms with Gasteiger partial charge in [0.2, 0.25) is 0 Å². The van der Waals surface area contributed by atoms with Crippen molar-refractivity contribution in [2.75, 3.05) is 6.61 Å². The van der Waals surface area contributed by atoms with E-state index in [-0.39, 0.29) is 11.6 Å². The van der Waals surface area contributed by atoms with Crippen molar-refractivity contribution in [2.45, 2.75) is 31.7 Å². The number of benzene rings is 2. The highest BCUT2D eigenvalue weighted by molar-refractivity contribution is 5.97. The molecule has 2 N–H and O–H groups in total. The van der Waals surface area contributed by atoms with E-state index < -0.39 is 24.5 Å². The minimum atomic E-state index is -0.710. The van der Waals surface area contributed by atoms with Crippen LogP contribution in [0.5, 0.6) is 11.5 Å². The minimum absolute atomic E-state index is 0.0948. The van der Waals surface area contributed by atoms with Crippen LogP contribution in [0.1, 0.15) is 36.0 Å². The monoisotopic (exact) mass is 382 g/mol. The molecule has 1 aliphatic carbocycles. The molecule has 2 aromatic rings. The molecule has 1 fully saturated rings. The Hall–Kier alpha value is -3.35. The van der Waals surface area contributed by atoms with E-state index in [2.05, 4.69) is 10.6 Å². The zero-order chi connectivity index (χ0) is 19.8. The number of ether oxygens (including phenoxy) is 2. The Bertz CT molecular complexity index is 832. The van der Waals surface area contributed by atoms with Crippen molar-refractivity contribution in [3.05, 3.63) is 60.2 Å². The first kappa shape index (κ1) is 19.4. The van der Waals surface area contributed by atoms with Gasteiger partial charge in [-0.25, -0.2) is 9.59 Å². The van der Waals surface area contributed by atoms with E-state index in [9.17, 15) is 14.4 Å². The zero-order valence-corrected chi connectivity index (χ0v) is 15.4. The summed E-state index contributed by atoms with van der Waals surface area (Å²) >= 11 is 0. The number of carbonyl (C=O) groups is 3. The lowest BCUT2D eigenvalue weighted by Crippen LogP contribution is -2.45. The standard InChI is InChI=1S/C21H22N2O5/c24-19(23-21(26)22-15-8-4-5-9-15)14-27-20(25)17-12-6-7-13-18(17)28-16-10-2-1-3-11-16/h1-3,6-7,10-13,15H,4-5,8-9,14H2,(H2,22,23,24,26). The van der Waals surface area contributed by atoms with E-state index in [1.807, 2.05) is 18.2 Å². The summed E-state index contributed by atoms with van der Waals surface area (Å²) in [5.74, 6) is -0.509. The van der Waals surface area contributed by atoms with Gasteiger partial charge in [0, 0.05) is 6.04 Å². The molecule has 146 valence electrons. The molecular formula is C21H22N2O5. The summed E-state index contributed by atoms with van der Waals surface area (Å²) in [6.07, 6.45) is 3.96. The fraction of sp³-hybridized carbons (Fsp3) is 0.286. The highest BCUT2D eigenvalue weighted by Crippen LogP contribution is 2.25. The first-order chi connectivity index (χ1) is 13.6. The van der Waals surface area contributed by atoms with Crippen LogP contribution in [0, 0.1) is 0 Å². The number of para-hydroxylation sites is 2. The molecule has 7 nitrogen and oxygen atoms in total. The van der Waals surface area contributed by atoms with Crippen molar-refractivity contribution < 1.29 is 23.9 Å². The lowest BCUT2D eigenvalue weighted by molar-refractivity contribution is -0.123. The van der Waals surface area contributed by atoms with Gasteiger partial charge in [-0.2, -0.15) is 0 Å². The van der Waals surface area contributed by atoms with E-state index in [0.717, 1.165) is 25.7 Å². The molecule has 0 unspecified atom stereocenters. The largest absolute Gasteiger partial charge is 0.456 e. The molecule has 0 saturated heterocycles. The third-order valence-electron chi connectivity index (χ3n) is 4.36. The topological polar surface area (TPSA) is 93.7 Å². The maximum absolute atomic E-state index is 12.3. The summed E-state index contributed by atoms with van der Waals surface area (Å²) in [6.45, 7) is -0.559. The molecule has 1 saturated carbocycles. The molecule has 1 aliphatic rings. The lowest BCUT2D eigenvalue weighted by Gasteiger charge is -2.13. The number of carbonyl (C=O) groups excluding carboxylic acids is 3. The number of esters is 1.